The van der Waals surface area contributed by atoms with E-state index in [0.717, 1.165) is 12.1 Å². The van der Waals surface area contributed by atoms with Crippen LogP contribution in [0.25, 0.3) is 0 Å². The number of amides is 2. The zero-order valence-corrected chi connectivity index (χ0v) is 15.7. The predicted octanol–water partition coefficient (Wildman–Crippen LogP) is 3.35. The molecule has 0 saturated heterocycles. The summed E-state index contributed by atoms with van der Waals surface area (Å²) in [5, 5.41) is 5.54. The molecule has 0 aliphatic heterocycles. The molecular formula is C18H15Cl2FN2O4. The minimum Gasteiger partial charge on any atom is -0.452 e. The van der Waals surface area contributed by atoms with Gasteiger partial charge in [-0.05, 0) is 42.8 Å². The number of benzene rings is 2. The average molecular weight is 413 g/mol. The van der Waals surface area contributed by atoms with Crippen LogP contribution in [0.5, 0.6) is 0 Å². The van der Waals surface area contributed by atoms with Gasteiger partial charge in [0, 0.05) is 15.7 Å². The maximum absolute atomic E-state index is 13.5. The number of nitrogens with one attached hydrogen (secondary N) is 2. The number of anilines is 1. The summed E-state index contributed by atoms with van der Waals surface area (Å²) in [6.07, 6.45) is 0. The quantitative estimate of drug-likeness (QED) is 0.712. The van der Waals surface area contributed by atoms with Crippen molar-refractivity contribution >= 4 is 46.7 Å². The first kappa shape index (κ1) is 20.7. The molecule has 0 bridgehead atoms. The Morgan fingerprint density at radius 1 is 1.11 bits per heavy atom. The van der Waals surface area contributed by atoms with Crippen molar-refractivity contribution in [3.8, 4) is 0 Å². The lowest BCUT2D eigenvalue weighted by Crippen LogP contribution is -2.35. The molecule has 6 nitrogen and oxygen atoms in total. The first-order valence-corrected chi connectivity index (χ1v) is 8.47. The largest absolute Gasteiger partial charge is 0.452 e. The lowest BCUT2D eigenvalue weighted by molar-refractivity contribution is -0.126. The highest BCUT2D eigenvalue weighted by Crippen LogP contribution is 2.22. The number of carbonyl (C=O) groups is 3. The van der Waals surface area contributed by atoms with Crippen molar-refractivity contribution in [2.75, 3.05) is 18.5 Å². The van der Waals surface area contributed by atoms with E-state index < -0.39 is 30.2 Å². The first-order valence-electron chi connectivity index (χ1n) is 7.71. The molecule has 2 aromatic carbocycles. The molecule has 2 aromatic rings. The van der Waals surface area contributed by atoms with Gasteiger partial charge in [0.1, 0.15) is 5.82 Å². The Kier molecular flexibility index (Phi) is 7.15. The van der Waals surface area contributed by atoms with Crippen molar-refractivity contribution < 1.29 is 23.5 Å². The maximum Gasteiger partial charge on any atom is 0.341 e. The van der Waals surface area contributed by atoms with Gasteiger partial charge in [0.15, 0.2) is 6.61 Å². The van der Waals surface area contributed by atoms with E-state index in [4.69, 9.17) is 27.9 Å². The molecule has 2 amide bonds. The van der Waals surface area contributed by atoms with Gasteiger partial charge in [0.25, 0.3) is 5.91 Å². The number of hydrogen-bond acceptors (Lipinski definition) is 4. The van der Waals surface area contributed by atoms with E-state index in [9.17, 15) is 18.8 Å². The van der Waals surface area contributed by atoms with Crippen molar-refractivity contribution in [2.45, 2.75) is 6.92 Å². The second-order valence-electron chi connectivity index (χ2n) is 5.44. The summed E-state index contributed by atoms with van der Waals surface area (Å²) >= 11 is 11.7. The van der Waals surface area contributed by atoms with E-state index in [1.165, 1.54) is 6.07 Å². The summed E-state index contributed by atoms with van der Waals surface area (Å²) in [4.78, 5) is 35.4. The highest BCUT2D eigenvalue weighted by molar-refractivity contribution is 6.31. The fraction of sp³-hybridized carbons (Fsp3) is 0.167. The van der Waals surface area contributed by atoms with Gasteiger partial charge in [-0.2, -0.15) is 0 Å². The number of halogens is 3. The Balaban J connectivity index is 1.80. The van der Waals surface area contributed by atoms with Crippen molar-refractivity contribution in [1.29, 1.82) is 0 Å². The summed E-state index contributed by atoms with van der Waals surface area (Å²) in [6, 6.07) is 8.42. The summed E-state index contributed by atoms with van der Waals surface area (Å²) in [6.45, 7) is 0.729. The summed E-state index contributed by atoms with van der Waals surface area (Å²) < 4.78 is 18.3. The Morgan fingerprint density at radius 3 is 2.59 bits per heavy atom. The van der Waals surface area contributed by atoms with E-state index in [1.807, 2.05) is 0 Å². The fourth-order valence-electron chi connectivity index (χ4n) is 2.03. The lowest BCUT2D eigenvalue weighted by atomic mass is 10.2. The van der Waals surface area contributed by atoms with Gasteiger partial charge < -0.3 is 15.4 Å². The molecule has 142 valence electrons. The second kappa shape index (κ2) is 9.34. The van der Waals surface area contributed by atoms with Crippen LogP contribution in [0.15, 0.2) is 36.4 Å². The third-order valence-corrected chi connectivity index (χ3v) is 4.12. The minimum atomic E-state index is -1.04. The average Bonchev–Trinajstić information content (AvgIpc) is 2.63. The SMILES string of the molecule is Cc1c(Cl)cccc1NC(=O)CNC(=O)COC(=O)c1cc(Cl)ccc1F. The van der Waals surface area contributed by atoms with Crippen LogP contribution in [0.3, 0.4) is 0 Å². The van der Waals surface area contributed by atoms with Gasteiger partial charge in [-0.3, -0.25) is 9.59 Å². The third-order valence-electron chi connectivity index (χ3n) is 3.47. The molecule has 0 aliphatic rings. The highest BCUT2D eigenvalue weighted by atomic mass is 35.5. The van der Waals surface area contributed by atoms with E-state index >= 15 is 0 Å². The topological polar surface area (TPSA) is 84.5 Å². The number of esters is 1. The zero-order chi connectivity index (χ0) is 20.0. The Labute approximate surface area is 164 Å². The van der Waals surface area contributed by atoms with Crippen LogP contribution >= 0.6 is 23.2 Å². The maximum atomic E-state index is 13.5. The highest BCUT2D eigenvalue weighted by Gasteiger charge is 2.16. The summed E-state index contributed by atoms with van der Waals surface area (Å²) in [5.41, 5.74) is 0.824. The van der Waals surface area contributed by atoms with Crippen LogP contribution < -0.4 is 10.6 Å². The monoisotopic (exact) mass is 412 g/mol. The number of hydrogen-bond donors (Lipinski definition) is 2. The normalized spacial score (nSPS) is 10.2. The molecule has 0 spiro atoms. The van der Waals surface area contributed by atoms with Crippen LogP contribution in [0.1, 0.15) is 15.9 Å². The first-order chi connectivity index (χ1) is 12.8. The minimum absolute atomic E-state index is 0.154. The third kappa shape index (κ3) is 5.94. The van der Waals surface area contributed by atoms with Crippen molar-refractivity contribution in [1.82, 2.24) is 5.32 Å². The van der Waals surface area contributed by atoms with E-state index in [1.54, 1.807) is 25.1 Å². The Morgan fingerprint density at radius 2 is 1.85 bits per heavy atom. The van der Waals surface area contributed by atoms with E-state index in [0.29, 0.717) is 16.3 Å². The molecule has 0 aliphatic carbocycles. The van der Waals surface area contributed by atoms with E-state index in [-0.39, 0.29) is 17.1 Å². The van der Waals surface area contributed by atoms with Crippen LogP contribution in [0.2, 0.25) is 10.0 Å². The van der Waals surface area contributed by atoms with Gasteiger partial charge in [-0.15, -0.1) is 0 Å². The molecule has 0 atom stereocenters. The van der Waals surface area contributed by atoms with Gasteiger partial charge in [-0.25, -0.2) is 9.18 Å². The van der Waals surface area contributed by atoms with Crippen LogP contribution in [-0.4, -0.2) is 30.9 Å². The molecule has 2 N–H and O–H groups in total. The molecule has 27 heavy (non-hydrogen) atoms. The fourth-order valence-corrected chi connectivity index (χ4v) is 2.38. The number of rotatable bonds is 6. The molecule has 2 rings (SSSR count). The van der Waals surface area contributed by atoms with Gasteiger partial charge >= 0.3 is 5.97 Å². The molecular weight excluding hydrogens is 398 g/mol. The lowest BCUT2D eigenvalue weighted by Gasteiger charge is -2.10. The van der Waals surface area contributed by atoms with Crippen molar-refractivity contribution in [3.63, 3.8) is 0 Å². The molecule has 0 radical (unpaired) electrons. The van der Waals surface area contributed by atoms with Gasteiger partial charge in [0.2, 0.25) is 5.91 Å². The predicted molar refractivity (Wildman–Crippen MR) is 99.5 cm³/mol. The van der Waals surface area contributed by atoms with E-state index in [2.05, 4.69) is 10.6 Å². The molecule has 0 aromatic heterocycles. The Bertz CT molecular complexity index is 890. The standard InChI is InChI=1S/C18H15Cl2FN2O4/c1-10-13(20)3-2-4-15(10)23-16(24)8-22-17(25)9-27-18(26)12-7-11(19)5-6-14(12)21/h2-7H,8-9H2,1H3,(H,22,25)(H,23,24). The smallest absolute Gasteiger partial charge is 0.341 e. The van der Waals surface area contributed by atoms with Gasteiger partial charge in [0.05, 0.1) is 12.1 Å². The number of ether oxygens (including phenoxy) is 1. The molecule has 0 heterocycles. The second-order valence-corrected chi connectivity index (χ2v) is 6.28. The molecule has 0 unspecified atom stereocenters. The van der Waals surface area contributed by atoms with Crippen LogP contribution in [-0.2, 0) is 14.3 Å². The summed E-state index contributed by atoms with van der Waals surface area (Å²) in [5.74, 6) is -3.06. The molecule has 0 fully saturated rings. The van der Waals surface area contributed by atoms with Crippen LogP contribution in [0.4, 0.5) is 10.1 Å². The van der Waals surface area contributed by atoms with Gasteiger partial charge in [-0.1, -0.05) is 29.3 Å². The molecule has 0 saturated carbocycles. The summed E-state index contributed by atoms with van der Waals surface area (Å²) in [7, 11) is 0. The number of carbonyl (C=O) groups excluding carboxylic acids is 3. The molecule has 9 heteroatoms. The Hall–Kier alpha value is -2.64. The zero-order valence-electron chi connectivity index (χ0n) is 14.1. The van der Waals surface area contributed by atoms with Crippen LogP contribution in [0, 0.1) is 12.7 Å². The van der Waals surface area contributed by atoms with Crippen molar-refractivity contribution in [3.05, 3.63) is 63.4 Å². The van der Waals surface area contributed by atoms with Crippen molar-refractivity contribution in [2.24, 2.45) is 0 Å².